The van der Waals surface area contributed by atoms with E-state index in [0.29, 0.717) is 0 Å². The number of nitrogens with zero attached hydrogens (tertiary/aromatic N) is 1. The van der Waals surface area contributed by atoms with Crippen LogP contribution in [0.15, 0.2) is 30.5 Å². The predicted molar refractivity (Wildman–Crippen MR) is 63.7 cm³/mol. The average Bonchev–Trinajstić information content (AvgIpc) is 2.67. The van der Waals surface area contributed by atoms with Crippen LogP contribution in [0.5, 0.6) is 0 Å². The Bertz CT molecular complexity index is 313. The number of aromatic nitrogens is 1. The lowest BCUT2D eigenvalue weighted by atomic mass is 10.4. The van der Waals surface area contributed by atoms with E-state index in [9.17, 15) is 4.79 Å². The van der Waals surface area contributed by atoms with Crippen LogP contribution in [0.1, 0.15) is 19.5 Å². The molecule has 1 aromatic rings. The molecule has 1 aromatic heterocycles. The molecule has 0 spiro atoms. The molecule has 84 valence electrons. The lowest BCUT2D eigenvalue weighted by Crippen LogP contribution is -2.14. The molecule has 1 amide bonds. The molecule has 0 bridgehead atoms. The lowest BCUT2D eigenvalue weighted by molar-refractivity contribution is -0.116. The maximum atomic E-state index is 10.8. The summed E-state index contributed by atoms with van der Waals surface area (Å²) in [6, 6.07) is 4.02. The molecule has 0 saturated heterocycles. The molecule has 0 unspecified atom stereocenters. The summed E-state index contributed by atoms with van der Waals surface area (Å²) in [4.78, 5) is 10.8. The van der Waals surface area contributed by atoms with Gasteiger partial charge in [0.25, 0.3) is 0 Å². The highest BCUT2D eigenvalue weighted by molar-refractivity contribution is 5.87. The first-order valence-electron chi connectivity index (χ1n) is 5.24. The van der Waals surface area contributed by atoms with E-state index in [2.05, 4.69) is 9.88 Å². The molecule has 0 aliphatic heterocycles. The van der Waals surface area contributed by atoms with Crippen LogP contribution >= 0.6 is 0 Å². The number of hydrogen-bond acceptors (Lipinski definition) is 1. The molecule has 0 fully saturated rings. The fourth-order valence-corrected chi connectivity index (χ4v) is 1.06. The Morgan fingerprint density at radius 2 is 2.20 bits per heavy atom. The zero-order valence-corrected chi connectivity index (χ0v) is 9.95. The molecule has 0 aromatic carbocycles. The molecule has 0 aliphatic carbocycles. The minimum atomic E-state index is -0.0650. The Morgan fingerprint density at radius 3 is 2.67 bits per heavy atom. The second kappa shape index (κ2) is 7.85. The summed E-state index contributed by atoms with van der Waals surface area (Å²) in [5.41, 5.74) is 1.20. The van der Waals surface area contributed by atoms with Crippen LogP contribution in [-0.4, -0.2) is 17.5 Å². The fourth-order valence-electron chi connectivity index (χ4n) is 1.06. The van der Waals surface area contributed by atoms with Gasteiger partial charge in [-0.2, -0.15) is 0 Å². The monoisotopic (exact) mass is 208 g/mol. The standard InChI is InChI=1S/C10H14N2O.C2H6/c1-9-5-3-7-12(9)8-4-6-10(13)11-2;1-2/h3-7H,8H2,1-2H3,(H,11,13);1-2H3/b6-4+;. The van der Waals surface area contributed by atoms with E-state index in [1.807, 2.05) is 45.2 Å². The number of hydrogen-bond donors (Lipinski definition) is 1. The molecule has 3 heteroatoms. The minimum absolute atomic E-state index is 0.0650. The van der Waals surface area contributed by atoms with Crippen molar-refractivity contribution in [3.8, 4) is 0 Å². The van der Waals surface area contributed by atoms with E-state index >= 15 is 0 Å². The summed E-state index contributed by atoms with van der Waals surface area (Å²) in [5, 5.41) is 2.52. The van der Waals surface area contributed by atoms with Crippen LogP contribution < -0.4 is 5.32 Å². The summed E-state index contributed by atoms with van der Waals surface area (Å²) >= 11 is 0. The van der Waals surface area contributed by atoms with E-state index in [1.54, 1.807) is 13.1 Å². The van der Waals surface area contributed by atoms with Crippen LogP contribution in [0.4, 0.5) is 0 Å². The predicted octanol–water partition coefficient (Wildman–Crippen LogP) is 2.12. The fraction of sp³-hybridized carbons (Fsp3) is 0.417. The van der Waals surface area contributed by atoms with Crippen molar-refractivity contribution in [2.45, 2.75) is 27.3 Å². The largest absolute Gasteiger partial charge is 0.356 e. The first-order valence-corrected chi connectivity index (χ1v) is 5.24. The van der Waals surface area contributed by atoms with E-state index in [0.717, 1.165) is 6.54 Å². The number of allylic oxidation sites excluding steroid dienone is 1. The zero-order valence-electron chi connectivity index (χ0n) is 9.95. The summed E-state index contributed by atoms with van der Waals surface area (Å²) in [6.07, 6.45) is 5.37. The summed E-state index contributed by atoms with van der Waals surface area (Å²) in [7, 11) is 1.62. The van der Waals surface area contributed by atoms with Gasteiger partial charge < -0.3 is 9.88 Å². The van der Waals surface area contributed by atoms with Crippen molar-refractivity contribution in [1.82, 2.24) is 9.88 Å². The van der Waals surface area contributed by atoms with Gasteiger partial charge >= 0.3 is 0 Å². The van der Waals surface area contributed by atoms with Gasteiger partial charge in [0.05, 0.1) is 0 Å². The summed E-state index contributed by atoms with van der Waals surface area (Å²) in [5.74, 6) is -0.0650. The van der Waals surface area contributed by atoms with Crippen LogP contribution in [0.3, 0.4) is 0 Å². The van der Waals surface area contributed by atoms with E-state index in [-0.39, 0.29) is 5.91 Å². The van der Waals surface area contributed by atoms with E-state index in [1.165, 1.54) is 5.69 Å². The highest BCUT2D eigenvalue weighted by Crippen LogP contribution is 1.99. The molecular weight excluding hydrogens is 188 g/mol. The van der Waals surface area contributed by atoms with Gasteiger partial charge in [-0.25, -0.2) is 0 Å². The average molecular weight is 208 g/mol. The van der Waals surface area contributed by atoms with Crippen LogP contribution in [-0.2, 0) is 11.3 Å². The quantitative estimate of drug-likeness (QED) is 0.759. The SMILES string of the molecule is CC.CNC(=O)/C=C/Cn1cccc1C. The van der Waals surface area contributed by atoms with E-state index < -0.39 is 0 Å². The molecule has 0 radical (unpaired) electrons. The zero-order chi connectivity index (χ0) is 11.7. The van der Waals surface area contributed by atoms with Crippen LogP contribution in [0.25, 0.3) is 0 Å². The number of carbonyl (C=O) groups is 1. The minimum Gasteiger partial charge on any atom is -0.356 e. The lowest BCUT2D eigenvalue weighted by Gasteiger charge is -2.00. The van der Waals surface area contributed by atoms with Gasteiger partial charge in [0.15, 0.2) is 0 Å². The van der Waals surface area contributed by atoms with Crippen molar-refractivity contribution in [2.24, 2.45) is 0 Å². The first-order chi connectivity index (χ1) is 7.24. The van der Waals surface area contributed by atoms with Crippen LogP contribution in [0, 0.1) is 6.92 Å². The summed E-state index contributed by atoms with van der Waals surface area (Å²) < 4.78 is 2.07. The Hall–Kier alpha value is -1.51. The molecule has 3 nitrogen and oxygen atoms in total. The highest BCUT2D eigenvalue weighted by Gasteiger charge is 1.91. The Kier molecular flexibility index (Phi) is 7.06. The molecule has 0 atom stereocenters. The van der Waals surface area contributed by atoms with Gasteiger partial charge in [-0.1, -0.05) is 19.9 Å². The number of nitrogens with one attached hydrogen (secondary N) is 1. The van der Waals surface area contributed by atoms with Crippen molar-refractivity contribution in [3.63, 3.8) is 0 Å². The third kappa shape index (κ3) is 5.05. The molecule has 15 heavy (non-hydrogen) atoms. The third-order valence-electron chi connectivity index (χ3n) is 1.87. The third-order valence-corrected chi connectivity index (χ3v) is 1.87. The van der Waals surface area contributed by atoms with Crippen molar-refractivity contribution in [1.29, 1.82) is 0 Å². The number of carbonyl (C=O) groups excluding carboxylic acids is 1. The normalized spacial score (nSPS) is 9.60. The molecule has 0 saturated carbocycles. The smallest absolute Gasteiger partial charge is 0.243 e. The van der Waals surface area contributed by atoms with Gasteiger partial charge in [0.2, 0.25) is 5.91 Å². The molecule has 1 rings (SSSR count). The van der Waals surface area contributed by atoms with Gasteiger partial charge in [-0.15, -0.1) is 0 Å². The first kappa shape index (κ1) is 13.5. The number of rotatable bonds is 3. The number of likely N-dealkylation sites (N-methyl/N-ethyl adjacent to an activating group) is 1. The van der Waals surface area contributed by atoms with Crippen molar-refractivity contribution in [3.05, 3.63) is 36.2 Å². The van der Waals surface area contributed by atoms with Crippen molar-refractivity contribution in [2.75, 3.05) is 7.05 Å². The van der Waals surface area contributed by atoms with Gasteiger partial charge in [-0.3, -0.25) is 4.79 Å². The van der Waals surface area contributed by atoms with E-state index in [4.69, 9.17) is 0 Å². The number of amides is 1. The highest BCUT2D eigenvalue weighted by atomic mass is 16.1. The molecular formula is C12H20N2O. The second-order valence-corrected chi connectivity index (χ2v) is 2.82. The Balaban J connectivity index is 0.000000921. The summed E-state index contributed by atoms with van der Waals surface area (Å²) in [6.45, 7) is 6.78. The van der Waals surface area contributed by atoms with Gasteiger partial charge in [0, 0.05) is 31.6 Å². The van der Waals surface area contributed by atoms with Gasteiger partial charge in [0.1, 0.15) is 0 Å². The number of aryl methyl sites for hydroxylation is 1. The van der Waals surface area contributed by atoms with Crippen molar-refractivity contribution >= 4 is 5.91 Å². The molecule has 0 aliphatic rings. The van der Waals surface area contributed by atoms with Crippen molar-refractivity contribution < 1.29 is 4.79 Å². The maximum absolute atomic E-state index is 10.8. The topological polar surface area (TPSA) is 34.0 Å². The molecule has 1 heterocycles. The maximum Gasteiger partial charge on any atom is 0.243 e. The van der Waals surface area contributed by atoms with Gasteiger partial charge in [-0.05, 0) is 19.1 Å². The molecule has 1 N–H and O–H groups in total. The Morgan fingerprint density at radius 1 is 1.53 bits per heavy atom. The Labute approximate surface area is 91.8 Å². The second-order valence-electron chi connectivity index (χ2n) is 2.82. The van der Waals surface area contributed by atoms with Crippen LogP contribution in [0.2, 0.25) is 0 Å².